The van der Waals surface area contributed by atoms with E-state index in [2.05, 4.69) is 5.32 Å². The number of dihydropyridines is 1. The third kappa shape index (κ3) is 5.15. The smallest absolute Gasteiger partial charge is 0.336 e. The second-order valence-electron chi connectivity index (χ2n) is 8.61. The van der Waals surface area contributed by atoms with Gasteiger partial charge in [-0.25, -0.2) is 9.18 Å². The maximum absolute atomic E-state index is 15.1. The number of methoxy groups -OCH3 is 1. The molecule has 2 aromatic carbocycles. The third-order valence-electron chi connectivity index (χ3n) is 6.51. The Hall–Kier alpha value is -3.06. The van der Waals surface area contributed by atoms with Gasteiger partial charge >= 0.3 is 5.97 Å². The monoisotopic (exact) mass is 495 g/mol. The van der Waals surface area contributed by atoms with Gasteiger partial charge in [-0.15, -0.1) is 0 Å². The minimum atomic E-state index is -0.815. The van der Waals surface area contributed by atoms with E-state index in [0.717, 1.165) is 22.8 Å². The number of carbonyl (C=O) groups excluding carboxylic acids is 2. The van der Waals surface area contributed by atoms with E-state index in [9.17, 15) is 9.59 Å². The molecule has 0 aromatic heterocycles. The molecule has 2 atom stereocenters. The van der Waals surface area contributed by atoms with Crippen molar-refractivity contribution in [1.29, 1.82) is 0 Å². The van der Waals surface area contributed by atoms with E-state index in [1.54, 1.807) is 44.0 Å². The van der Waals surface area contributed by atoms with Gasteiger partial charge in [-0.2, -0.15) is 11.8 Å². The van der Waals surface area contributed by atoms with E-state index in [4.69, 9.17) is 9.47 Å². The molecule has 0 bridgehead atoms. The zero-order valence-corrected chi connectivity index (χ0v) is 21.0. The summed E-state index contributed by atoms with van der Waals surface area (Å²) in [4.78, 5) is 26.9. The summed E-state index contributed by atoms with van der Waals surface area (Å²) in [6, 6.07) is 14.0. The number of hydrogen-bond acceptors (Lipinski definition) is 6. The molecular formula is C28H30FNO4S. The number of esters is 1. The van der Waals surface area contributed by atoms with Crippen molar-refractivity contribution < 1.29 is 23.5 Å². The van der Waals surface area contributed by atoms with Crippen molar-refractivity contribution >= 4 is 23.5 Å². The van der Waals surface area contributed by atoms with Gasteiger partial charge in [0, 0.05) is 40.6 Å². The lowest BCUT2D eigenvalue weighted by molar-refractivity contribution is -0.138. The summed E-state index contributed by atoms with van der Waals surface area (Å²) in [5.74, 6) is 0.357. The van der Waals surface area contributed by atoms with E-state index in [1.807, 2.05) is 31.2 Å². The molecule has 1 N–H and O–H groups in total. The molecule has 35 heavy (non-hydrogen) atoms. The molecule has 0 amide bonds. The zero-order chi connectivity index (χ0) is 24.9. The molecular weight excluding hydrogens is 465 g/mol. The van der Waals surface area contributed by atoms with E-state index < -0.39 is 17.7 Å². The highest BCUT2D eigenvalue weighted by Crippen LogP contribution is 2.47. The highest BCUT2D eigenvalue weighted by Gasteiger charge is 2.42. The number of nitrogens with one attached hydrogen (secondary N) is 1. The van der Waals surface area contributed by atoms with Crippen molar-refractivity contribution in [3.8, 4) is 5.75 Å². The van der Waals surface area contributed by atoms with Gasteiger partial charge in [0.15, 0.2) is 5.78 Å². The van der Waals surface area contributed by atoms with Crippen molar-refractivity contribution in [3.05, 3.63) is 88.0 Å². The highest BCUT2D eigenvalue weighted by molar-refractivity contribution is 7.99. The van der Waals surface area contributed by atoms with E-state index in [1.165, 1.54) is 6.07 Å². The Bertz CT molecular complexity index is 1190. The molecule has 5 nitrogen and oxygen atoms in total. The predicted molar refractivity (Wildman–Crippen MR) is 136 cm³/mol. The molecule has 7 heteroatoms. The number of ketones is 1. The van der Waals surface area contributed by atoms with Gasteiger partial charge in [0.05, 0.1) is 18.6 Å². The lowest BCUT2D eigenvalue weighted by Crippen LogP contribution is -2.36. The average Bonchev–Trinajstić information content (AvgIpc) is 2.86. The van der Waals surface area contributed by atoms with Crippen LogP contribution in [0, 0.1) is 5.82 Å². The normalized spacial score (nSPS) is 19.8. The number of carbonyl (C=O) groups is 2. The van der Waals surface area contributed by atoms with Gasteiger partial charge in [0.25, 0.3) is 0 Å². The Kier molecular flexibility index (Phi) is 7.96. The average molecular weight is 496 g/mol. The molecule has 184 valence electrons. The summed E-state index contributed by atoms with van der Waals surface area (Å²) in [5, 5.41) is 3.31. The van der Waals surface area contributed by atoms with E-state index in [-0.39, 0.29) is 24.7 Å². The molecule has 0 spiro atoms. The second-order valence-corrected chi connectivity index (χ2v) is 10.0. The van der Waals surface area contributed by atoms with Crippen LogP contribution in [0.25, 0.3) is 0 Å². The molecule has 2 aliphatic rings. The second kappa shape index (κ2) is 11.1. The standard InChI is InChI=1S/C28H30FNO4S/c1-4-35-14-13-34-28(32)25-17(2)30-22-15-18(19-9-6-8-12-24(19)33-3)16-23(31)27(22)26(25)20-10-5-7-11-21(20)29/h5-12,18,26,30H,4,13-16H2,1-3H3/t18-,26+/m1/s1. The lowest BCUT2D eigenvalue weighted by Gasteiger charge is -2.37. The lowest BCUT2D eigenvalue weighted by atomic mass is 9.71. The fourth-order valence-electron chi connectivity index (χ4n) is 4.97. The first-order valence-electron chi connectivity index (χ1n) is 11.8. The Morgan fingerprint density at radius 3 is 2.54 bits per heavy atom. The van der Waals surface area contributed by atoms with Gasteiger partial charge in [0.2, 0.25) is 0 Å². The maximum Gasteiger partial charge on any atom is 0.336 e. The van der Waals surface area contributed by atoms with Gasteiger partial charge in [-0.1, -0.05) is 43.3 Å². The van der Waals surface area contributed by atoms with Gasteiger partial charge < -0.3 is 14.8 Å². The summed E-state index contributed by atoms with van der Waals surface area (Å²) in [5.41, 5.74) is 3.31. The molecule has 2 aromatic rings. The summed E-state index contributed by atoms with van der Waals surface area (Å²) in [6.45, 7) is 4.08. The van der Waals surface area contributed by atoms with Crippen LogP contribution in [0.2, 0.25) is 0 Å². The number of benzene rings is 2. The van der Waals surface area contributed by atoms with Crippen molar-refractivity contribution in [2.24, 2.45) is 0 Å². The quantitative estimate of drug-likeness (QED) is 0.386. The molecule has 1 aliphatic carbocycles. The maximum atomic E-state index is 15.1. The van der Waals surface area contributed by atoms with Crippen LogP contribution in [0.1, 0.15) is 49.7 Å². The van der Waals surface area contributed by atoms with Crippen molar-refractivity contribution in [3.63, 3.8) is 0 Å². The van der Waals surface area contributed by atoms with Crippen LogP contribution < -0.4 is 10.1 Å². The van der Waals surface area contributed by atoms with Crippen LogP contribution in [0.4, 0.5) is 4.39 Å². The Morgan fingerprint density at radius 1 is 1.11 bits per heavy atom. The predicted octanol–water partition coefficient (Wildman–Crippen LogP) is 5.49. The molecule has 4 rings (SSSR count). The topological polar surface area (TPSA) is 64.6 Å². The number of rotatable bonds is 8. The van der Waals surface area contributed by atoms with Crippen molar-refractivity contribution in [1.82, 2.24) is 5.32 Å². The molecule has 0 saturated heterocycles. The van der Waals surface area contributed by atoms with Crippen LogP contribution in [0.5, 0.6) is 5.75 Å². The van der Waals surface area contributed by atoms with Crippen LogP contribution in [-0.4, -0.2) is 37.0 Å². The number of para-hydroxylation sites is 1. The Balaban J connectivity index is 1.74. The van der Waals surface area contributed by atoms with Gasteiger partial charge in [-0.05, 0) is 36.8 Å². The number of Topliss-reactive ketones (excluding diaryl/α,β-unsaturated/α-hetero) is 1. The van der Waals surface area contributed by atoms with E-state index >= 15 is 4.39 Å². The Labute approximate surface area is 209 Å². The fourth-order valence-corrected chi connectivity index (χ4v) is 5.46. The third-order valence-corrected chi connectivity index (χ3v) is 7.37. The highest BCUT2D eigenvalue weighted by atomic mass is 32.2. The minimum Gasteiger partial charge on any atom is -0.496 e. The SMILES string of the molecule is CCSCCOC(=O)C1=C(C)NC2=C(C(=O)C[C@H](c3ccccc3OC)C2)[C@H]1c1ccccc1F. The molecule has 1 aliphatic heterocycles. The van der Waals surface area contributed by atoms with E-state index in [0.29, 0.717) is 34.6 Å². The fraction of sp³-hybridized carbons (Fsp3) is 0.357. The van der Waals surface area contributed by atoms with Crippen LogP contribution in [0.3, 0.4) is 0 Å². The van der Waals surface area contributed by atoms with Gasteiger partial charge in [-0.3, -0.25) is 4.79 Å². The van der Waals surface area contributed by atoms with Crippen LogP contribution in [0.15, 0.2) is 71.1 Å². The number of hydrogen-bond donors (Lipinski definition) is 1. The molecule has 0 unspecified atom stereocenters. The zero-order valence-electron chi connectivity index (χ0n) is 20.2. The van der Waals surface area contributed by atoms with Crippen LogP contribution in [-0.2, 0) is 14.3 Å². The molecule has 0 saturated carbocycles. The van der Waals surface area contributed by atoms with Gasteiger partial charge in [0.1, 0.15) is 18.2 Å². The largest absolute Gasteiger partial charge is 0.496 e. The number of halogens is 1. The summed E-state index contributed by atoms with van der Waals surface area (Å²) in [6.07, 6.45) is 0.805. The first kappa shape index (κ1) is 25.0. The number of thioether (sulfide) groups is 1. The number of allylic oxidation sites excluding steroid dienone is 3. The molecule has 0 fully saturated rings. The van der Waals surface area contributed by atoms with Crippen molar-refractivity contribution in [2.45, 2.75) is 38.5 Å². The Morgan fingerprint density at radius 2 is 1.83 bits per heavy atom. The molecule has 0 radical (unpaired) electrons. The summed E-state index contributed by atoms with van der Waals surface area (Å²) < 4.78 is 26.1. The summed E-state index contributed by atoms with van der Waals surface area (Å²) in [7, 11) is 1.62. The first-order valence-corrected chi connectivity index (χ1v) is 13.0. The van der Waals surface area contributed by atoms with Crippen LogP contribution >= 0.6 is 11.8 Å². The van der Waals surface area contributed by atoms with Crippen molar-refractivity contribution in [2.75, 3.05) is 25.2 Å². The minimum absolute atomic E-state index is 0.0847. The summed E-state index contributed by atoms with van der Waals surface area (Å²) >= 11 is 1.67. The number of ether oxygens (including phenoxy) is 2. The molecule has 1 heterocycles. The first-order chi connectivity index (χ1) is 17.0.